The Morgan fingerprint density at radius 3 is 2.26 bits per heavy atom. The van der Waals surface area contributed by atoms with Gasteiger partial charge in [-0.05, 0) is 44.1 Å². The smallest absolute Gasteiger partial charge is 0.200 e. The molecule has 0 aliphatic carbocycles. The molecule has 9 nitrogen and oxygen atoms in total. The number of aromatic nitrogens is 3. The second kappa shape index (κ2) is 10.4. The first kappa shape index (κ1) is 23.9. The summed E-state index contributed by atoms with van der Waals surface area (Å²) in [6.07, 6.45) is 0.594. The lowest BCUT2D eigenvalue weighted by Crippen LogP contribution is -2.36. The molecule has 10 heteroatoms. The fraction of sp³-hybridized carbons (Fsp3) is 0.417. The highest BCUT2D eigenvalue weighted by molar-refractivity contribution is 7.71. The van der Waals surface area contributed by atoms with Crippen LogP contribution in [0.5, 0.6) is 23.0 Å². The van der Waals surface area contributed by atoms with Crippen LogP contribution in [0.3, 0.4) is 0 Å². The zero-order valence-corrected chi connectivity index (χ0v) is 20.4. The van der Waals surface area contributed by atoms with E-state index in [9.17, 15) is 10.2 Å². The van der Waals surface area contributed by atoms with Crippen LogP contribution in [-0.2, 0) is 11.2 Å². The Labute approximate surface area is 203 Å². The van der Waals surface area contributed by atoms with Crippen molar-refractivity contribution in [1.29, 1.82) is 0 Å². The van der Waals surface area contributed by atoms with Crippen LogP contribution >= 0.6 is 12.2 Å². The van der Waals surface area contributed by atoms with E-state index < -0.39 is 0 Å². The topological polar surface area (TPSA) is 105 Å². The fourth-order valence-electron chi connectivity index (χ4n) is 4.09. The number of aryl methyl sites for hydroxylation is 1. The third-order valence-electron chi connectivity index (χ3n) is 5.72. The Hall–Kier alpha value is -3.24. The molecular formula is C24H30N4O5S. The first-order chi connectivity index (χ1) is 16.5. The van der Waals surface area contributed by atoms with E-state index in [4.69, 9.17) is 26.4 Å². The van der Waals surface area contributed by atoms with Gasteiger partial charge in [-0.2, -0.15) is 5.10 Å². The lowest BCUT2D eigenvalue weighted by Gasteiger charge is -2.31. The molecule has 1 aliphatic heterocycles. The number of hydrogen-bond donors (Lipinski definition) is 3. The second-order valence-corrected chi connectivity index (χ2v) is 8.18. The molecule has 0 atom stereocenters. The van der Waals surface area contributed by atoms with Crippen molar-refractivity contribution in [2.24, 2.45) is 0 Å². The first-order valence-electron chi connectivity index (χ1n) is 11.5. The summed E-state index contributed by atoms with van der Waals surface area (Å²) in [4.78, 5) is 2.22. The van der Waals surface area contributed by atoms with E-state index in [2.05, 4.69) is 15.1 Å². The zero-order valence-electron chi connectivity index (χ0n) is 19.6. The SMILES string of the molecule is CCOc1cc(-n2c(-c3cc(CC)c(O)cc3O)n[nH]c2=S)c(OCC)cc1N1CCOCC1. The van der Waals surface area contributed by atoms with Gasteiger partial charge in [0.05, 0.1) is 43.4 Å². The molecular weight excluding hydrogens is 456 g/mol. The predicted octanol–water partition coefficient (Wildman–Crippen LogP) is 4.20. The van der Waals surface area contributed by atoms with Crippen molar-refractivity contribution < 1.29 is 24.4 Å². The molecule has 1 fully saturated rings. The number of aromatic amines is 1. The third-order valence-corrected chi connectivity index (χ3v) is 6.00. The van der Waals surface area contributed by atoms with Crippen LogP contribution in [-0.4, -0.2) is 64.5 Å². The van der Waals surface area contributed by atoms with E-state index >= 15 is 0 Å². The maximum absolute atomic E-state index is 10.6. The lowest BCUT2D eigenvalue weighted by atomic mass is 10.1. The molecule has 0 spiro atoms. The summed E-state index contributed by atoms with van der Waals surface area (Å²) in [6, 6.07) is 6.90. The summed E-state index contributed by atoms with van der Waals surface area (Å²) in [5.41, 5.74) is 2.70. The van der Waals surface area contributed by atoms with Crippen molar-refractivity contribution in [3.63, 3.8) is 0 Å². The molecule has 1 aliphatic rings. The zero-order chi connectivity index (χ0) is 24.2. The predicted molar refractivity (Wildman–Crippen MR) is 132 cm³/mol. The van der Waals surface area contributed by atoms with E-state index in [1.807, 2.05) is 32.9 Å². The number of H-pyrrole nitrogens is 1. The highest BCUT2D eigenvalue weighted by Crippen LogP contribution is 2.41. The standard InChI is InChI=1S/C24H30N4O5S/c1-4-15-11-16(20(30)14-19(15)29)23-25-26-24(34)28(23)18-13-21(32-5-2)17(12-22(18)33-6-3)27-7-9-31-10-8-27/h11-14,29-30H,4-10H2,1-3H3,(H,26,34). The Balaban J connectivity index is 1.92. The number of nitrogens with one attached hydrogen (secondary N) is 1. The molecule has 0 bridgehead atoms. The summed E-state index contributed by atoms with van der Waals surface area (Å²) in [7, 11) is 0. The van der Waals surface area contributed by atoms with E-state index in [1.165, 1.54) is 6.07 Å². The third kappa shape index (κ3) is 4.55. The van der Waals surface area contributed by atoms with Crippen molar-refractivity contribution in [2.75, 3.05) is 44.4 Å². The van der Waals surface area contributed by atoms with Crippen LogP contribution in [0.1, 0.15) is 26.3 Å². The van der Waals surface area contributed by atoms with Crippen molar-refractivity contribution in [3.05, 3.63) is 34.6 Å². The Kier molecular flexibility index (Phi) is 7.28. The van der Waals surface area contributed by atoms with Gasteiger partial charge in [0.25, 0.3) is 0 Å². The number of anilines is 1. The van der Waals surface area contributed by atoms with Crippen molar-refractivity contribution >= 4 is 17.9 Å². The number of hydrogen-bond acceptors (Lipinski definition) is 8. The Morgan fingerprint density at radius 1 is 0.971 bits per heavy atom. The maximum Gasteiger partial charge on any atom is 0.200 e. The van der Waals surface area contributed by atoms with Gasteiger partial charge in [0.15, 0.2) is 10.6 Å². The molecule has 0 saturated carbocycles. The summed E-state index contributed by atoms with van der Waals surface area (Å²) in [6.45, 7) is 9.53. The van der Waals surface area contributed by atoms with Gasteiger partial charge in [-0.15, -0.1) is 0 Å². The largest absolute Gasteiger partial charge is 0.508 e. The van der Waals surface area contributed by atoms with Gasteiger partial charge < -0.3 is 29.3 Å². The van der Waals surface area contributed by atoms with Crippen molar-refractivity contribution in [1.82, 2.24) is 14.8 Å². The van der Waals surface area contributed by atoms with Crippen LogP contribution in [0.4, 0.5) is 5.69 Å². The quantitative estimate of drug-likeness (QED) is 0.407. The number of phenolic OH excluding ortho intramolecular Hbond substituents is 2. The Bertz CT molecular complexity index is 1220. The second-order valence-electron chi connectivity index (χ2n) is 7.79. The van der Waals surface area contributed by atoms with Crippen molar-refractivity contribution in [3.8, 4) is 40.1 Å². The molecule has 2 aromatic carbocycles. The molecule has 182 valence electrons. The Morgan fingerprint density at radius 2 is 1.62 bits per heavy atom. The van der Waals surface area contributed by atoms with Crippen LogP contribution in [0, 0.1) is 4.77 Å². The molecule has 4 rings (SSSR count). The minimum atomic E-state index is -0.0992. The van der Waals surface area contributed by atoms with Crippen LogP contribution in [0.15, 0.2) is 24.3 Å². The molecule has 0 amide bonds. The lowest BCUT2D eigenvalue weighted by molar-refractivity contribution is 0.122. The molecule has 3 N–H and O–H groups in total. The summed E-state index contributed by atoms with van der Waals surface area (Å²) in [5, 5.41) is 28.0. The summed E-state index contributed by atoms with van der Waals surface area (Å²) in [5.74, 6) is 1.65. The number of benzene rings is 2. The summed E-state index contributed by atoms with van der Waals surface area (Å²) < 4.78 is 19.6. The van der Waals surface area contributed by atoms with Gasteiger partial charge in [0.1, 0.15) is 23.0 Å². The van der Waals surface area contributed by atoms with Gasteiger partial charge >= 0.3 is 0 Å². The van der Waals surface area contributed by atoms with Crippen LogP contribution in [0.2, 0.25) is 0 Å². The van der Waals surface area contributed by atoms with Gasteiger partial charge in [0.2, 0.25) is 0 Å². The van der Waals surface area contributed by atoms with E-state index in [-0.39, 0.29) is 11.5 Å². The minimum Gasteiger partial charge on any atom is -0.508 e. The highest BCUT2D eigenvalue weighted by Gasteiger charge is 2.24. The monoisotopic (exact) mass is 486 g/mol. The average molecular weight is 487 g/mol. The number of ether oxygens (including phenoxy) is 3. The normalized spacial score (nSPS) is 13.8. The maximum atomic E-state index is 10.6. The summed E-state index contributed by atoms with van der Waals surface area (Å²) >= 11 is 5.59. The first-order valence-corrected chi connectivity index (χ1v) is 11.9. The molecule has 0 unspecified atom stereocenters. The van der Waals surface area contributed by atoms with Gasteiger partial charge in [-0.1, -0.05) is 6.92 Å². The molecule has 1 saturated heterocycles. The minimum absolute atomic E-state index is 0.0351. The average Bonchev–Trinajstić information content (AvgIpc) is 3.21. The van der Waals surface area contributed by atoms with Crippen molar-refractivity contribution in [2.45, 2.75) is 27.2 Å². The van der Waals surface area contributed by atoms with Crippen LogP contribution < -0.4 is 14.4 Å². The number of nitrogens with zero attached hydrogens (tertiary/aromatic N) is 3. The van der Waals surface area contributed by atoms with Gasteiger partial charge in [0, 0.05) is 31.3 Å². The van der Waals surface area contributed by atoms with Gasteiger partial charge in [-0.3, -0.25) is 9.67 Å². The molecule has 1 aromatic heterocycles. The molecule has 2 heterocycles. The van der Waals surface area contributed by atoms with E-state index in [0.29, 0.717) is 71.8 Å². The molecule has 34 heavy (non-hydrogen) atoms. The van der Waals surface area contributed by atoms with E-state index in [0.717, 1.165) is 18.8 Å². The number of morpholine rings is 1. The number of rotatable bonds is 8. The van der Waals surface area contributed by atoms with E-state index in [1.54, 1.807) is 10.6 Å². The molecule has 3 aromatic rings. The number of aromatic hydroxyl groups is 2. The molecule has 0 radical (unpaired) electrons. The van der Waals surface area contributed by atoms with Gasteiger partial charge in [-0.25, -0.2) is 0 Å². The fourth-order valence-corrected chi connectivity index (χ4v) is 4.32. The van der Waals surface area contributed by atoms with Crippen LogP contribution in [0.25, 0.3) is 17.1 Å². The highest BCUT2D eigenvalue weighted by atomic mass is 32.1. The number of phenols is 2.